The van der Waals surface area contributed by atoms with Crippen LogP contribution in [-0.2, 0) is 0 Å². The van der Waals surface area contributed by atoms with Gasteiger partial charge in [0, 0.05) is 0 Å². The Morgan fingerprint density at radius 3 is 2.20 bits per heavy atom. The Morgan fingerprint density at radius 1 is 1.20 bits per heavy atom. The van der Waals surface area contributed by atoms with Gasteiger partial charge in [-0.05, 0) is 0 Å². The number of hydrogen-bond donors (Lipinski definition) is 1. The van der Waals surface area contributed by atoms with E-state index in [2.05, 4.69) is 30.1 Å². The number of aromatic nitrogens is 5. The highest BCUT2D eigenvalue weighted by Crippen LogP contribution is 1.62. The molecule has 10 heavy (non-hydrogen) atoms. The zero-order valence-corrected chi connectivity index (χ0v) is 5.01. The fourth-order valence-corrected chi connectivity index (χ4v) is 0.303. The summed E-state index contributed by atoms with van der Waals surface area (Å²) in [5.41, 5.74) is 0. The third-order valence-corrected chi connectivity index (χ3v) is 0.614. The zero-order chi connectivity index (χ0) is 7.07. The van der Waals surface area contributed by atoms with E-state index in [1.807, 2.05) is 0 Å². The van der Waals surface area contributed by atoms with Gasteiger partial charge < -0.3 is 4.52 Å². The second-order valence-corrected chi connectivity index (χ2v) is 1.24. The molecule has 0 aromatic carbocycles. The molecular weight excluding hydrogens is 134 g/mol. The maximum absolute atomic E-state index is 4.22. The van der Waals surface area contributed by atoms with Gasteiger partial charge in [0.25, 0.3) is 0 Å². The number of rotatable bonds is 0. The van der Waals surface area contributed by atoms with Crippen molar-refractivity contribution in [1.82, 2.24) is 25.6 Å². The topological polar surface area (TPSA) is 80.5 Å². The van der Waals surface area contributed by atoms with Crippen LogP contribution < -0.4 is 0 Å². The van der Waals surface area contributed by atoms with Gasteiger partial charge in [0.15, 0.2) is 6.33 Å². The monoisotopic (exact) mass is 139 g/mol. The summed E-state index contributed by atoms with van der Waals surface area (Å²) >= 11 is 0. The maximum atomic E-state index is 4.22. The molecule has 0 amide bonds. The molecule has 6 nitrogen and oxygen atoms in total. The Balaban J connectivity index is 0.0000001000. The summed E-state index contributed by atoms with van der Waals surface area (Å²) in [4.78, 5) is 3.44. The molecule has 0 radical (unpaired) electrons. The molecule has 0 atom stereocenters. The fourth-order valence-electron chi connectivity index (χ4n) is 0.303. The van der Waals surface area contributed by atoms with Crippen molar-refractivity contribution in [2.24, 2.45) is 0 Å². The van der Waals surface area contributed by atoms with E-state index in [1.165, 1.54) is 12.7 Å². The highest BCUT2D eigenvalue weighted by Gasteiger charge is 1.61. The first-order valence-corrected chi connectivity index (χ1v) is 2.49. The largest absolute Gasteiger partial charge is 0.343 e. The minimum Gasteiger partial charge on any atom is -0.343 e. The second-order valence-electron chi connectivity index (χ2n) is 1.24. The van der Waals surface area contributed by atoms with E-state index in [0.29, 0.717) is 0 Å². The van der Waals surface area contributed by atoms with Crippen molar-refractivity contribution in [3.8, 4) is 0 Å². The lowest BCUT2D eigenvalue weighted by atomic mass is 11.0. The first-order valence-electron chi connectivity index (χ1n) is 2.49. The molecule has 0 unspecified atom stereocenters. The van der Waals surface area contributed by atoms with Crippen LogP contribution in [0.3, 0.4) is 0 Å². The first-order chi connectivity index (χ1) is 5.00. The van der Waals surface area contributed by atoms with Gasteiger partial charge >= 0.3 is 0 Å². The average molecular weight is 139 g/mol. The quantitative estimate of drug-likeness (QED) is 0.550. The third-order valence-electron chi connectivity index (χ3n) is 0.614. The number of aromatic amines is 1. The van der Waals surface area contributed by atoms with Crippen LogP contribution in [0.2, 0.25) is 0 Å². The normalized spacial score (nSPS) is 8.00. The molecule has 2 aromatic heterocycles. The van der Waals surface area contributed by atoms with Crippen LogP contribution in [0.5, 0.6) is 0 Å². The van der Waals surface area contributed by atoms with Gasteiger partial charge in [-0.3, -0.25) is 0 Å². The summed E-state index contributed by atoms with van der Waals surface area (Å²) in [5.74, 6) is 0. The molecule has 52 valence electrons. The van der Waals surface area contributed by atoms with Crippen LogP contribution in [0.25, 0.3) is 0 Å². The molecule has 6 heteroatoms. The Labute approximate surface area is 56.3 Å². The van der Waals surface area contributed by atoms with E-state index in [9.17, 15) is 0 Å². The SMILES string of the molecule is c1cn[nH]n1.c1ncon1. The lowest BCUT2D eigenvalue weighted by Gasteiger charge is -1.48. The van der Waals surface area contributed by atoms with Crippen LogP contribution in [-0.4, -0.2) is 25.6 Å². The van der Waals surface area contributed by atoms with Crippen molar-refractivity contribution in [2.45, 2.75) is 0 Å². The molecule has 0 spiro atoms. The van der Waals surface area contributed by atoms with E-state index < -0.39 is 0 Å². The smallest absolute Gasteiger partial charge is 0.213 e. The van der Waals surface area contributed by atoms with Gasteiger partial charge in [-0.25, -0.2) is 4.98 Å². The molecular formula is C4H5N5O. The van der Waals surface area contributed by atoms with Gasteiger partial charge in [-0.1, -0.05) is 5.16 Å². The van der Waals surface area contributed by atoms with Crippen LogP contribution >= 0.6 is 0 Å². The van der Waals surface area contributed by atoms with Crippen molar-refractivity contribution >= 4 is 0 Å². The molecule has 0 fully saturated rings. The van der Waals surface area contributed by atoms with Gasteiger partial charge in [-0.15, -0.1) is 0 Å². The lowest BCUT2D eigenvalue weighted by Crippen LogP contribution is -1.61. The molecule has 0 aliphatic heterocycles. The van der Waals surface area contributed by atoms with Crippen LogP contribution in [0.1, 0.15) is 0 Å². The summed E-state index contributed by atoms with van der Waals surface area (Å²) in [6, 6.07) is 0. The Kier molecular flexibility index (Phi) is 2.68. The van der Waals surface area contributed by atoms with E-state index >= 15 is 0 Å². The molecule has 0 bridgehead atoms. The summed E-state index contributed by atoms with van der Waals surface area (Å²) in [6.45, 7) is 0. The molecule has 0 saturated heterocycles. The molecule has 2 aromatic rings. The second kappa shape index (κ2) is 4.19. The average Bonchev–Trinajstić information content (AvgIpc) is 2.67. The van der Waals surface area contributed by atoms with E-state index in [0.717, 1.165) is 0 Å². The number of hydrogen-bond acceptors (Lipinski definition) is 5. The predicted molar refractivity (Wildman–Crippen MR) is 30.7 cm³/mol. The molecule has 0 aliphatic carbocycles. The first kappa shape index (κ1) is 6.40. The zero-order valence-electron chi connectivity index (χ0n) is 5.01. The Bertz CT molecular complexity index is 153. The number of nitrogens with zero attached hydrogens (tertiary/aromatic N) is 4. The highest BCUT2D eigenvalue weighted by molar-refractivity contribution is 4.54. The third kappa shape index (κ3) is 2.55. The van der Waals surface area contributed by atoms with Crippen molar-refractivity contribution in [2.75, 3.05) is 0 Å². The Hall–Kier alpha value is -1.72. The van der Waals surface area contributed by atoms with Gasteiger partial charge in [0.1, 0.15) is 0 Å². The van der Waals surface area contributed by atoms with Gasteiger partial charge in [0.2, 0.25) is 6.39 Å². The van der Waals surface area contributed by atoms with Gasteiger partial charge in [0.05, 0.1) is 12.4 Å². The number of H-pyrrole nitrogens is 1. The molecule has 2 rings (SSSR count). The van der Waals surface area contributed by atoms with Crippen molar-refractivity contribution in [3.05, 3.63) is 25.1 Å². The van der Waals surface area contributed by atoms with E-state index in [-0.39, 0.29) is 0 Å². The number of nitrogens with one attached hydrogen (secondary N) is 1. The summed E-state index contributed by atoms with van der Waals surface area (Å²) in [7, 11) is 0. The summed E-state index contributed by atoms with van der Waals surface area (Å²) in [6.07, 6.45) is 5.76. The molecule has 1 N–H and O–H groups in total. The Morgan fingerprint density at radius 2 is 2.00 bits per heavy atom. The van der Waals surface area contributed by atoms with Gasteiger partial charge in [-0.2, -0.15) is 15.4 Å². The fraction of sp³-hybridized carbons (Fsp3) is 0. The van der Waals surface area contributed by atoms with E-state index in [4.69, 9.17) is 0 Å². The van der Waals surface area contributed by atoms with Crippen LogP contribution in [0.15, 0.2) is 29.6 Å². The lowest BCUT2D eigenvalue weighted by molar-refractivity contribution is 0.416. The van der Waals surface area contributed by atoms with E-state index in [1.54, 1.807) is 12.4 Å². The maximum Gasteiger partial charge on any atom is 0.213 e. The van der Waals surface area contributed by atoms with Crippen LogP contribution in [0.4, 0.5) is 0 Å². The van der Waals surface area contributed by atoms with Crippen molar-refractivity contribution < 1.29 is 4.52 Å². The molecule has 0 aliphatic rings. The highest BCUT2D eigenvalue weighted by atomic mass is 16.5. The predicted octanol–water partition coefficient (Wildman–Crippen LogP) is -0.126. The molecule has 2 heterocycles. The standard InChI is InChI=1S/C2H3N3.C2H2N2O/c1-2-4-5-3-1;1-3-2-5-4-1/h1-2H,(H,3,4,5);1-2H. The van der Waals surface area contributed by atoms with Crippen molar-refractivity contribution in [3.63, 3.8) is 0 Å². The minimum atomic E-state index is 1.26. The van der Waals surface area contributed by atoms with Crippen molar-refractivity contribution in [1.29, 1.82) is 0 Å². The minimum absolute atomic E-state index is 1.26. The summed E-state index contributed by atoms with van der Waals surface area (Å²) in [5, 5.41) is 12.6. The molecule has 0 saturated carbocycles. The summed E-state index contributed by atoms with van der Waals surface area (Å²) < 4.78 is 4.22. The van der Waals surface area contributed by atoms with Crippen LogP contribution in [0, 0.1) is 0 Å².